The third kappa shape index (κ3) is 2.22. The minimum absolute atomic E-state index is 0.110. The highest BCUT2D eigenvalue weighted by Crippen LogP contribution is 2.33. The van der Waals surface area contributed by atoms with Crippen molar-refractivity contribution < 1.29 is 9.90 Å². The second kappa shape index (κ2) is 4.33. The number of carbonyl (C=O) groups is 1. The average Bonchev–Trinajstić information content (AvgIpc) is 2.65. The molecule has 0 saturated heterocycles. The van der Waals surface area contributed by atoms with Crippen LogP contribution in [0.15, 0.2) is 12.4 Å². The summed E-state index contributed by atoms with van der Waals surface area (Å²) in [5.74, 6) is -0.904. The zero-order chi connectivity index (χ0) is 11.8. The molecule has 1 aromatic heterocycles. The van der Waals surface area contributed by atoms with Gasteiger partial charge in [0.05, 0.1) is 15.8 Å². The lowest BCUT2D eigenvalue weighted by Gasteiger charge is -2.34. The number of hydrogen-bond donors (Lipinski definition) is 2. The SMILES string of the molecule is NC1(C(=O)O)CCCC(n2cc(I)cn2)C1. The Balaban J connectivity index is 2.16. The first-order valence-corrected chi connectivity index (χ1v) is 6.31. The monoisotopic (exact) mass is 335 g/mol. The molecule has 2 rings (SSSR count). The van der Waals surface area contributed by atoms with E-state index in [1.807, 2.05) is 10.9 Å². The zero-order valence-corrected chi connectivity index (χ0v) is 10.9. The summed E-state index contributed by atoms with van der Waals surface area (Å²) in [7, 11) is 0. The van der Waals surface area contributed by atoms with Crippen molar-refractivity contribution in [3.8, 4) is 0 Å². The summed E-state index contributed by atoms with van der Waals surface area (Å²) in [4.78, 5) is 11.1. The largest absolute Gasteiger partial charge is 0.480 e. The molecule has 0 aliphatic heterocycles. The van der Waals surface area contributed by atoms with E-state index in [0.717, 1.165) is 16.4 Å². The first kappa shape index (κ1) is 11.8. The van der Waals surface area contributed by atoms with Crippen LogP contribution in [0.3, 0.4) is 0 Å². The summed E-state index contributed by atoms with van der Waals surface area (Å²) in [6, 6.07) is 0.110. The number of halogens is 1. The van der Waals surface area contributed by atoms with Crippen molar-refractivity contribution in [2.24, 2.45) is 5.73 Å². The Bertz CT molecular complexity index is 407. The molecule has 1 aliphatic rings. The Kier molecular flexibility index (Phi) is 3.20. The highest BCUT2D eigenvalue weighted by Gasteiger charge is 2.40. The van der Waals surface area contributed by atoms with E-state index in [0.29, 0.717) is 12.8 Å². The number of rotatable bonds is 2. The molecule has 5 nitrogen and oxygen atoms in total. The van der Waals surface area contributed by atoms with E-state index in [1.165, 1.54) is 0 Å². The summed E-state index contributed by atoms with van der Waals surface area (Å²) in [5.41, 5.74) is 4.81. The number of nitrogens with zero attached hydrogens (tertiary/aromatic N) is 2. The number of nitrogens with two attached hydrogens (primary N) is 1. The van der Waals surface area contributed by atoms with Crippen molar-refractivity contribution in [1.82, 2.24) is 9.78 Å². The van der Waals surface area contributed by atoms with Gasteiger partial charge >= 0.3 is 5.97 Å². The highest BCUT2D eigenvalue weighted by molar-refractivity contribution is 14.1. The molecule has 16 heavy (non-hydrogen) atoms. The van der Waals surface area contributed by atoms with Gasteiger partial charge in [-0.1, -0.05) is 0 Å². The molecule has 3 N–H and O–H groups in total. The van der Waals surface area contributed by atoms with Gasteiger partial charge in [0, 0.05) is 6.20 Å². The van der Waals surface area contributed by atoms with Gasteiger partial charge < -0.3 is 10.8 Å². The van der Waals surface area contributed by atoms with E-state index in [4.69, 9.17) is 10.8 Å². The van der Waals surface area contributed by atoms with Crippen molar-refractivity contribution in [3.05, 3.63) is 16.0 Å². The Hall–Kier alpha value is -0.630. The van der Waals surface area contributed by atoms with Crippen molar-refractivity contribution in [2.75, 3.05) is 0 Å². The average molecular weight is 335 g/mol. The maximum Gasteiger partial charge on any atom is 0.323 e. The fourth-order valence-corrected chi connectivity index (χ4v) is 2.62. The lowest BCUT2D eigenvalue weighted by Crippen LogP contribution is -2.51. The maximum atomic E-state index is 11.1. The predicted molar refractivity (Wildman–Crippen MR) is 67.0 cm³/mol. The van der Waals surface area contributed by atoms with Crippen LogP contribution in [0.4, 0.5) is 0 Å². The number of hydrogen-bond acceptors (Lipinski definition) is 3. The van der Waals surface area contributed by atoms with E-state index in [9.17, 15) is 4.79 Å². The van der Waals surface area contributed by atoms with E-state index in [-0.39, 0.29) is 6.04 Å². The van der Waals surface area contributed by atoms with Crippen molar-refractivity contribution in [1.29, 1.82) is 0 Å². The number of carboxylic acid groups (broad SMARTS) is 1. The van der Waals surface area contributed by atoms with Crippen molar-refractivity contribution in [3.63, 3.8) is 0 Å². The molecule has 88 valence electrons. The van der Waals surface area contributed by atoms with Crippen LogP contribution in [-0.4, -0.2) is 26.4 Å². The van der Waals surface area contributed by atoms with Crippen LogP contribution < -0.4 is 5.73 Å². The molecule has 1 saturated carbocycles. The van der Waals surface area contributed by atoms with Crippen LogP contribution in [0.25, 0.3) is 0 Å². The topological polar surface area (TPSA) is 81.1 Å². The van der Waals surface area contributed by atoms with E-state index >= 15 is 0 Å². The molecule has 2 atom stereocenters. The third-order valence-electron chi connectivity index (χ3n) is 3.13. The quantitative estimate of drug-likeness (QED) is 0.801. The van der Waals surface area contributed by atoms with Crippen LogP contribution >= 0.6 is 22.6 Å². The lowest BCUT2D eigenvalue weighted by molar-refractivity contribution is -0.145. The lowest BCUT2D eigenvalue weighted by atomic mass is 9.80. The Morgan fingerprint density at radius 1 is 1.75 bits per heavy atom. The summed E-state index contributed by atoms with van der Waals surface area (Å²) in [6.45, 7) is 0. The molecule has 1 aliphatic carbocycles. The van der Waals surface area contributed by atoms with Crippen LogP contribution in [0.2, 0.25) is 0 Å². The van der Waals surface area contributed by atoms with Gasteiger partial charge in [0.25, 0.3) is 0 Å². The normalized spacial score (nSPS) is 30.2. The second-order valence-electron chi connectivity index (χ2n) is 4.35. The minimum Gasteiger partial charge on any atom is -0.480 e. The van der Waals surface area contributed by atoms with Crippen molar-refractivity contribution in [2.45, 2.75) is 37.3 Å². The standard InChI is InChI=1S/C10H14IN3O2/c11-7-5-13-14(6-7)8-2-1-3-10(12,4-8)9(15)16/h5-6,8H,1-4,12H2,(H,15,16). The molecule has 0 amide bonds. The molecule has 2 unspecified atom stereocenters. The fourth-order valence-electron chi connectivity index (χ4n) is 2.21. The van der Waals surface area contributed by atoms with Gasteiger partial charge in [0.15, 0.2) is 0 Å². The molecule has 1 heterocycles. The highest BCUT2D eigenvalue weighted by atomic mass is 127. The molecular formula is C10H14IN3O2. The summed E-state index contributed by atoms with van der Waals surface area (Å²) >= 11 is 2.19. The smallest absolute Gasteiger partial charge is 0.323 e. The van der Waals surface area contributed by atoms with Gasteiger partial charge in [-0.15, -0.1) is 0 Å². The minimum atomic E-state index is -1.08. The van der Waals surface area contributed by atoms with E-state index in [2.05, 4.69) is 27.7 Å². The first-order valence-electron chi connectivity index (χ1n) is 5.23. The molecule has 0 radical (unpaired) electrons. The van der Waals surface area contributed by atoms with Gasteiger partial charge in [0.1, 0.15) is 5.54 Å². The number of aromatic nitrogens is 2. The zero-order valence-electron chi connectivity index (χ0n) is 8.77. The first-order chi connectivity index (χ1) is 7.51. The Labute approximate surface area is 107 Å². The van der Waals surface area contributed by atoms with Gasteiger partial charge in [-0.2, -0.15) is 5.10 Å². The van der Waals surface area contributed by atoms with Crippen LogP contribution in [0.5, 0.6) is 0 Å². The van der Waals surface area contributed by atoms with Crippen molar-refractivity contribution >= 4 is 28.6 Å². The third-order valence-corrected chi connectivity index (χ3v) is 3.69. The van der Waals surface area contributed by atoms with Crippen LogP contribution in [-0.2, 0) is 4.79 Å². The second-order valence-corrected chi connectivity index (χ2v) is 5.60. The molecule has 0 aromatic carbocycles. The molecule has 1 aromatic rings. The summed E-state index contributed by atoms with van der Waals surface area (Å²) < 4.78 is 2.90. The van der Waals surface area contributed by atoms with E-state index in [1.54, 1.807) is 6.20 Å². The van der Waals surface area contributed by atoms with Gasteiger partial charge in [-0.05, 0) is 48.3 Å². The maximum absolute atomic E-state index is 11.1. The molecule has 0 spiro atoms. The molecule has 6 heteroatoms. The Morgan fingerprint density at radius 3 is 3.06 bits per heavy atom. The summed E-state index contributed by atoms with van der Waals surface area (Å²) in [5, 5.41) is 13.3. The van der Waals surface area contributed by atoms with Gasteiger partial charge in [0.2, 0.25) is 0 Å². The predicted octanol–water partition coefficient (Wildman–Crippen LogP) is 1.38. The molecular weight excluding hydrogens is 321 g/mol. The van der Waals surface area contributed by atoms with Gasteiger partial charge in [-0.3, -0.25) is 9.48 Å². The van der Waals surface area contributed by atoms with Gasteiger partial charge in [-0.25, -0.2) is 0 Å². The Morgan fingerprint density at radius 2 is 2.50 bits per heavy atom. The number of aliphatic carboxylic acids is 1. The summed E-state index contributed by atoms with van der Waals surface area (Å²) in [6.07, 6.45) is 6.50. The van der Waals surface area contributed by atoms with Crippen LogP contribution in [0, 0.1) is 3.57 Å². The molecule has 0 bridgehead atoms. The van der Waals surface area contributed by atoms with Crippen LogP contribution in [0.1, 0.15) is 31.7 Å². The molecule has 1 fully saturated rings. The fraction of sp³-hybridized carbons (Fsp3) is 0.600. The van der Waals surface area contributed by atoms with E-state index < -0.39 is 11.5 Å². The number of carboxylic acids is 1.